The highest BCUT2D eigenvalue weighted by Crippen LogP contribution is 2.25. The highest BCUT2D eigenvalue weighted by atomic mass is 16.5. The monoisotopic (exact) mass is 242 g/mol. The van der Waals surface area contributed by atoms with Crippen molar-refractivity contribution < 1.29 is 9.53 Å². The van der Waals surface area contributed by atoms with E-state index in [-0.39, 0.29) is 5.56 Å². The average Bonchev–Trinajstić information content (AvgIpc) is 2.31. The molecule has 0 unspecified atom stereocenters. The SMILES string of the molecule is Cc1cccc(Oc2ccc(N)c(C(N)=O)c2)c1. The summed E-state index contributed by atoms with van der Waals surface area (Å²) in [5.74, 6) is 0.668. The summed E-state index contributed by atoms with van der Waals surface area (Å²) in [6.45, 7) is 1.98. The first-order valence-electron chi connectivity index (χ1n) is 5.50. The molecule has 0 aliphatic rings. The molecular weight excluding hydrogens is 228 g/mol. The number of rotatable bonds is 3. The Hall–Kier alpha value is -2.49. The van der Waals surface area contributed by atoms with Crippen molar-refractivity contribution in [2.24, 2.45) is 5.73 Å². The smallest absolute Gasteiger partial charge is 0.250 e. The average molecular weight is 242 g/mol. The maximum absolute atomic E-state index is 11.2. The molecule has 0 spiro atoms. The van der Waals surface area contributed by atoms with Crippen molar-refractivity contribution in [2.75, 3.05) is 5.73 Å². The van der Waals surface area contributed by atoms with Crippen LogP contribution in [0.25, 0.3) is 0 Å². The van der Waals surface area contributed by atoms with Crippen molar-refractivity contribution in [1.29, 1.82) is 0 Å². The van der Waals surface area contributed by atoms with Gasteiger partial charge in [-0.3, -0.25) is 4.79 Å². The van der Waals surface area contributed by atoms with Gasteiger partial charge in [-0.15, -0.1) is 0 Å². The van der Waals surface area contributed by atoms with Gasteiger partial charge in [0.2, 0.25) is 0 Å². The van der Waals surface area contributed by atoms with E-state index in [9.17, 15) is 4.79 Å². The van der Waals surface area contributed by atoms with Gasteiger partial charge in [0.05, 0.1) is 5.56 Å². The number of aryl methyl sites for hydroxylation is 1. The van der Waals surface area contributed by atoms with Gasteiger partial charge in [0.1, 0.15) is 11.5 Å². The molecule has 0 saturated heterocycles. The predicted molar refractivity (Wildman–Crippen MR) is 70.6 cm³/mol. The molecular formula is C14H14N2O2. The third kappa shape index (κ3) is 2.60. The molecule has 0 saturated carbocycles. The Labute approximate surface area is 105 Å². The van der Waals surface area contributed by atoms with Gasteiger partial charge >= 0.3 is 0 Å². The van der Waals surface area contributed by atoms with Gasteiger partial charge in [0.25, 0.3) is 5.91 Å². The van der Waals surface area contributed by atoms with Gasteiger partial charge in [-0.2, -0.15) is 0 Å². The molecule has 0 atom stereocenters. The number of nitrogen functional groups attached to an aromatic ring is 1. The molecule has 0 aliphatic carbocycles. The zero-order chi connectivity index (χ0) is 13.1. The minimum absolute atomic E-state index is 0.264. The van der Waals surface area contributed by atoms with Crippen LogP contribution in [-0.2, 0) is 0 Å². The van der Waals surface area contributed by atoms with Crippen LogP contribution in [-0.4, -0.2) is 5.91 Å². The van der Waals surface area contributed by atoms with Crippen molar-refractivity contribution in [2.45, 2.75) is 6.92 Å². The van der Waals surface area contributed by atoms with Crippen molar-refractivity contribution in [3.05, 3.63) is 53.6 Å². The largest absolute Gasteiger partial charge is 0.457 e. The second kappa shape index (κ2) is 4.79. The number of nitrogens with two attached hydrogens (primary N) is 2. The van der Waals surface area contributed by atoms with Crippen molar-refractivity contribution in [3.8, 4) is 11.5 Å². The molecule has 0 radical (unpaired) electrons. The summed E-state index contributed by atoms with van der Waals surface area (Å²) in [5.41, 5.74) is 12.6. The van der Waals surface area contributed by atoms with E-state index >= 15 is 0 Å². The van der Waals surface area contributed by atoms with E-state index in [0.717, 1.165) is 5.56 Å². The van der Waals surface area contributed by atoms with Gasteiger partial charge in [-0.05, 0) is 42.8 Å². The van der Waals surface area contributed by atoms with E-state index < -0.39 is 5.91 Å². The summed E-state index contributed by atoms with van der Waals surface area (Å²) in [6, 6.07) is 12.5. The van der Waals surface area contributed by atoms with Gasteiger partial charge in [-0.25, -0.2) is 0 Å². The lowest BCUT2D eigenvalue weighted by Gasteiger charge is -2.08. The van der Waals surface area contributed by atoms with Crippen molar-refractivity contribution in [3.63, 3.8) is 0 Å². The second-order valence-electron chi connectivity index (χ2n) is 4.03. The molecule has 2 aromatic carbocycles. The second-order valence-corrected chi connectivity index (χ2v) is 4.03. The molecule has 92 valence electrons. The molecule has 2 aromatic rings. The molecule has 0 bridgehead atoms. The molecule has 2 rings (SSSR count). The Morgan fingerprint density at radius 1 is 1.11 bits per heavy atom. The third-order valence-electron chi connectivity index (χ3n) is 2.52. The van der Waals surface area contributed by atoms with Crippen LogP contribution in [0.5, 0.6) is 11.5 Å². The third-order valence-corrected chi connectivity index (χ3v) is 2.52. The fourth-order valence-corrected chi connectivity index (χ4v) is 1.63. The molecule has 4 N–H and O–H groups in total. The number of hydrogen-bond acceptors (Lipinski definition) is 3. The normalized spacial score (nSPS) is 10.1. The summed E-state index contributed by atoms with van der Waals surface area (Å²) in [7, 11) is 0. The Balaban J connectivity index is 2.30. The van der Waals surface area contributed by atoms with E-state index in [4.69, 9.17) is 16.2 Å². The lowest BCUT2D eigenvalue weighted by molar-refractivity contribution is 0.100. The predicted octanol–water partition coefficient (Wildman–Crippen LogP) is 2.47. The van der Waals surface area contributed by atoms with Crippen LogP contribution in [0.1, 0.15) is 15.9 Å². The summed E-state index contributed by atoms with van der Waals surface area (Å²) in [4.78, 5) is 11.2. The molecule has 4 heteroatoms. The number of benzene rings is 2. The number of anilines is 1. The number of carbonyl (C=O) groups is 1. The molecule has 0 aliphatic heterocycles. The zero-order valence-corrected chi connectivity index (χ0v) is 10.0. The van der Waals surface area contributed by atoms with Gasteiger partial charge in [0.15, 0.2) is 0 Å². The van der Waals surface area contributed by atoms with Crippen LogP contribution in [0.2, 0.25) is 0 Å². The molecule has 0 fully saturated rings. The van der Waals surface area contributed by atoms with E-state index in [1.807, 2.05) is 31.2 Å². The summed E-state index contributed by atoms with van der Waals surface area (Å²) >= 11 is 0. The fourth-order valence-electron chi connectivity index (χ4n) is 1.63. The molecule has 0 heterocycles. The summed E-state index contributed by atoms with van der Waals surface area (Å²) in [5, 5.41) is 0. The van der Waals surface area contributed by atoms with Gasteiger partial charge in [-0.1, -0.05) is 12.1 Å². The minimum Gasteiger partial charge on any atom is -0.457 e. The van der Waals surface area contributed by atoms with Crippen LogP contribution < -0.4 is 16.2 Å². The lowest BCUT2D eigenvalue weighted by atomic mass is 10.1. The fraction of sp³-hybridized carbons (Fsp3) is 0.0714. The number of amides is 1. The van der Waals surface area contributed by atoms with E-state index in [1.165, 1.54) is 0 Å². The molecule has 18 heavy (non-hydrogen) atoms. The number of carbonyl (C=O) groups excluding carboxylic acids is 1. The van der Waals surface area contributed by atoms with Crippen LogP contribution >= 0.6 is 0 Å². The highest BCUT2D eigenvalue weighted by molar-refractivity contribution is 5.98. The van der Waals surface area contributed by atoms with E-state index in [0.29, 0.717) is 17.2 Å². The van der Waals surface area contributed by atoms with Crippen molar-refractivity contribution >= 4 is 11.6 Å². The maximum atomic E-state index is 11.2. The Bertz CT molecular complexity index is 594. The van der Waals surface area contributed by atoms with Crippen molar-refractivity contribution in [1.82, 2.24) is 0 Å². The van der Waals surface area contributed by atoms with Crippen LogP contribution in [0.15, 0.2) is 42.5 Å². The Morgan fingerprint density at radius 3 is 2.50 bits per heavy atom. The zero-order valence-electron chi connectivity index (χ0n) is 10.0. The first-order chi connectivity index (χ1) is 8.56. The van der Waals surface area contributed by atoms with E-state index in [1.54, 1.807) is 18.2 Å². The number of hydrogen-bond donors (Lipinski definition) is 2. The molecule has 1 amide bonds. The number of primary amides is 1. The quantitative estimate of drug-likeness (QED) is 0.811. The lowest BCUT2D eigenvalue weighted by Crippen LogP contribution is -2.13. The number of ether oxygens (including phenoxy) is 1. The first-order valence-corrected chi connectivity index (χ1v) is 5.50. The van der Waals surface area contributed by atoms with Gasteiger partial charge < -0.3 is 16.2 Å². The summed E-state index contributed by atoms with van der Waals surface area (Å²) in [6.07, 6.45) is 0. The molecule has 4 nitrogen and oxygen atoms in total. The van der Waals surface area contributed by atoms with Crippen LogP contribution in [0, 0.1) is 6.92 Å². The first kappa shape index (κ1) is 12.0. The summed E-state index contributed by atoms with van der Waals surface area (Å²) < 4.78 is 5.64. The maximum Gasteiger partial charge on any atom is 0.250 e. The van der Waals surface area contributed by atoms with Crippen LogP contribution in [0.3, 0.4) is 0 Å². The standard InChI is InChI=1S/C14H14N2O2/c1-9-3-2-4-10(7-9)18-11-5-6-13(15)12(8-11)14(16)17/h2-8H,15H2,1H3,(H2,16,17). The van der Waals surface area contributed by atoms with E-state index in [2.05, 4.69) is 0 Å². The van der Waals surface area contributed by atoms with Gasteiger partial charge in [0, 0.05) is 5.69 Å². The van der Waals surface area contributed by atoms with Crippen LogP contribution in [0.4, 0.5) is 5.69 Å². The Kier molecular flexibility index (Phi) is 3.19. The Morgan fingerprint density at radius 2 is 1.83 bits per heavy atom. The minimum atomic E-state index is -0.567. The molecule has 0 aromatic heterocycles. The highest BCUT2D eigenvalue weighted by Gasteiger charge is 2.07. The topological polar surface area (TPSA) is 78.3 Å².